The molecule has 0 bridgehead atoms. The van der Waals surface area contributed by atoms with Gasteiger partial charge in [0.15, 0.2) is 0 Å². The van der Waals surface area contributed by atoms with Crippen LogP contribution >= 0.6 is 0 Å². The minimum atomic E-state index is -0.229. The van der Waals surface area contributed by atoms with Crippen molar-refractivity contribution in [2.24, 2.45) is 0 Å². The summed E-state index contributed by atoms with van der Waals surface area (Å²) in [4.78, 5) is 9.08. The van der Waals surface area contributed by atoms with E-state index in [1.807, 2.05) is 24.3 Å². The van der Waals surface area contributed by atoms with Gasteiger partial charge in [-0.15, -0.1) is 0 Å². The Balaban J connectivity index is 1.70. The van der Waals surface area contributed by atoms with Crippen LogP contribution in [-0.2, 0) is 6.42 Å². The molecule has 0 amide bonds. The molecule has 0 aliphatic carbocycles. The maximum absolute atomic E-state index is 12.9. The van der Waals surface area contributed by atoms with Crippen LogP contribution in [-0.4, -0.2) is 34.8 Å². The molecule has 25 heavy (non-hydrogen) atoms. The molecule has 1 aromatic heterocycles. The minimum absolute atomic E-state index is 0.138. The van der Waals surface area contributed by atoms with Gasteiger partial charge < -0.3 is 15.7 Å². The number of fused-ring (bicyclic) bond motifs is 1. The summed E-state index contributed by atoms with van der Waals surface area (Å²) in [6, 6.07) is 14.3. The Morgan fingerprint density at radius 2 is 1.72 bits per heavy atom. The van der Waals surface area contributed by atoms with Crippen LogP contribution < -0.4 is 10.6 Å². The molecule has 0 unspecified atom stereocenters. The van der Waals surface area contributed by atoms with E-state index in [-0.39, 0.29) is 12.4 Å². The first-order chi connectivity index (χ1) is 12.3. The summed E-state index contributed by atoms with van der Waals surface area (Å²) in [7, 11) is 0. The number of hydrogen-bond donors (Lipinski definition) is 3. The molecule has 0 spiro atoms. The second kappa shape index (κ2) is 8.39. The lowest BCUT2D eigenvalue weighted by Gasteiger charge is -2.11. The SMILES string of the molecule is OCCCNc1nc(NCCc2ccc(F)cc2)nc2ccccc12. The van der Waals surface area contributed by atoms with Gasteiger partial charge in [-0.25, -0.2) is 9.37 Å². The highest BCUT2D eigenvalue weighted by Gasteiger charge is 2.07. The van der Waals surface area contributed by atoms with Gasteiger partial charge in [0.1, 0.15) is 11.6 Å². The number of halogens is 1. The number of benzene rings is 2. The van der Waals surface area contributed by atoms with Gasteiger partial charge in [-0.1, -0.05) is 24.3 Å². The van der Waals surface area contributed by atoms with Crippen molar-refractivity contribution >= 4 is 22.7 Å². The van der Waals surface area contributed by atoms with Gasteiger partial charge in [0.25, 0.3) is 0 Å². The van der Waals surface area contributed by atoms with E-state index in [2.05, 4.69) is 20.6 Å². The summed E-state index contributed by atoms with van der Waals surface area (Å²) >= 11 is 0. The van der Waals surface area contributed by atoms with Crippen molar-refractivity contribution in [1.29, 1.82) is 0 Å². The predicted molar refractivity (Wildman–Crippen MR) is 98.3 cm³/mol. The maximum Gasteiger partial charge on any atom is 0.225 e. The number of nitrogens with one attached hydrogen (secondary N) is 2. The maximum atomic E-state index is 12.9. The number of nitrogens with zero attached hydrogens (tertiary/aromatic N) is 2. The number of aromatic nitrogens is 2. The van der Waals surface area contributed by atoms with E-state index in [0.717, 1.165) is 28.7 Å². The van der Waals surface area contributed by atoms with Crippen LogP contribution in [0.1, 0.15) is 12.0 Å². The van der Waals surface area contributed by atoms with Gasteiger partial charge in [-0.3, -0.25) is 0 Å². The molecule has 0 saturated heterocycles. The third-order valence-corrected chi connectivity index (χ3v) is 3.84. The van der Waals surface area contributed by atoms with Crippen LogP contribution in [0.25, 0.3) is 10.9 Å². The molecule has 0 aliphatic rings. The second-order valence-corrected chi connectivity index (χ2v) is 5.72. The summed E-state index contributed by atoms with van der Waals surface area (Å²) in [5.41, 5.74) is 1.91. The summed E-state index contributed by atoms with van der Waals surface area (Å²) < 4.78 is 12.9. The van der Waals surface area contributed by atoms with E-state index in [0.29, 0.717) is 25.5 Å². The summed E-state index contributed by atoms with van der Waals surface area (Å²) in [6.45, 7) is 1.44. The molecule has 130 valence electrons. The molecule has 0 fully saturated rings. The monoisotopic (exact) mass is 340 g/mol. The molecular formula is C19H21FN4O. The molecule has 3 aromatic rings. The minimum Gasteiger partial charge on any atom is -0.396 e. The van der Waals surface area contributed by atoms with Crippen molar-refractivity contribution in [2.75, 3.05) is 30.3 Å². The zero-order valence-corrected chi connectivity index (χ0v) is 13.9. The van der Waals surface area contributed by atoms with E-state index >= 15 is 0 Å². The van der Waals surface area contributed by atoms with Gasteiger partial charge in [0.2, 0.25) is 5.95 Å². The fourth-order valence-corrected chi connectivity index (χ4v) is 2.55. The first-order valence-electron chi connectivity index (χ1n) is 8.36. The lowest BCUT2D eigenvalue weighted by atomic mass is 10.1. The zero-order chi connectivity index (χ0) is 17.5. The number of aliphatic hydroxyl groups excluding tert-OH is 1. The summed E-state index contributed by atoms with van der Waals surface area (Å²) in [5, 5.41) is 16.4. The Kier molecular flexibility index (Phi) is 5.74. The Bertz CT molecular complexity index is 823. The first kappa shape index (κ1) is 17.1. The average molecular weight is 340 g/mol. The van der Waals surface area contributed by atoms with E-state index in [1.54, 1.807) is 12.1 Å². The summed E-state index contributed by atoms with van der Waals surface area (Å²) in [6.07, 6.45) is 1.41. The molecule has 6 heteroatoms. The second-order valence-electron chi connectivity index (χ2n) is 5.72. The van der Waals surface area contributed by atoms with Crippen LogP contribution in [0.3, 0.4) is 0 Å². The first-order valence-corrected chi connectivity index (χ1v) is 8.36. The molecule has 2 aromatic carbocycles. The third kappa shape index (κ3) is 4.64. The van der Waals surface area contributed by atoms with E-state index in [1.165, 1.54) is 12.1 Å². The fourth-order valence-electron chi connectivity index (χ4n) is 2.55. The highest BCUT2D eigenvalue weighted by molar-refractivity contribution is 5.89. The fraction of sp³-hybridized carbons (Fsp3) is 0.263. The molecule has 1 heterocycles. The topological polar surface area (TPSA) is 70.1 Å². The Labute approximate surface area is 145 Å². The molecular weight excluding hydrogens is 319 g/mol. The Morgan fingerprint density at radius 3 is 2.52 bits per heavy atom. The quantitative estimate of drug-likeness (QED) is 0.549. The number of rotatable bonds is 8. The van der Waals surface area contributed by atoms with Crippen LogP contribution in [0.5, 0.6) is 0 Å². The van der Waals surface area contributed by atoms with Crippen LogP contribution in [0, 0.1) is 5.82 Å². The van der Waals surface area contributed by atoms with E-state index < -0.39 is 0 Å². The molecule has 0 aliphatic heterocycles. The Morgan fingerprint density at radius 1 is 0.920 bits per heavy atom. The van der Waals surface area contributed by atoms with Gasteiger partial charge >= 0.3 is 0 Å². The van der Waals surface area contributed by atoms with Crippen molar-refractivity contribution in [3.05, 3.63) is 59.9 Å². The lowest BCUT2D eigenvalue weighted by molar-refractivity contribution is 0.292. The standard InChI is InChI=1S/C19H21FN4O/c20-15-8-6-14(7-9-15)10-12-22-19-23-17-5-2-1-4-16(17)18(24-19)21-11-3-13-25/h1-2,4-9,25H,3,10-13H2,(H2,21,22,23,24). The van der Waals surface area contributed by atoms with Gasteiger partial charge in [0, 0.05) is 25.1 Å². The van der Waals surface area contributed by atoms with Crippen LogP contribution in [0.4, 0.5) is 16.2 Å². The number of para-hydroxylation sites is 1. The lowest BCUT2D eigenvalue weighted by Crippen LogP contribution is -2.11. The van der Waals surface area contributed by atoms with Crippen molar-refractivity contribution in [1.82, 2.24) is 9.97 Å². The molecule has 0 atom stereocenters. The van der Waals surface area contributed by atoms with Crippen LogP contribution in [0.15, 0.2) is 48.5 Å². The van der Waals surface area contributed by atoms with E-state index in [4.69, 9.17) is 5.11 Å². The largest absolute Gasteiger partial charge is 0.396 e. The molecule has 5 nitrogen and oxygen atoms in total. The smallest absolute Gasteiger partial charge is 0.225 e. The Hall–Kier alpha value is -2.73. The number of anilines is 2. The normalized spacial score (nSPS) is 10.8. The molecule has 0 saturated carbocycles. The molecule has 3 N–H and O–H groups in total. The van der Waals surface area contributed by atoms with Crippen molar-refractivity contribution in [3.63, 3.8) is 0 Å². The predicted octanol–water partition coefficient (Wildman–Crippen LogP) is 3.22. The van der Waals surface area contributed by atoms with Crippen molar-refractivity contribution in [3.8, 4) is 0 Å². The van der Waals surface area contributed by atoms with Crippen LogP contribution in [0.2, 0.25) is 0 Å². The molecule has 0 radical (unpaired) electrons. The van der Waals surface area contributed by atoms with Gasteiger partial charge in [-0.2, -0.15) is 4.98 Å². The number of hydrogen-bond acceptors (Lipinski definition) is 5. The third-order valence-electron chi connectivity index (χ3n) is 3.84. The average Bonchev–Trinajstić information content (AvgIpc) is 2.63. The highest BCUT2D eigenvalue weighted by Crippen LogP contribution is 2.21. The molecule has 3 rings (SSSR count). The summed E-state index contributed by atoms with van der Waals surface area (Å²) in [5.74, 6) is 1.07. The van der Waals surface area contributed by atoms with Gasteiger partial charge in [0.05, 0.1) is 5.52 Å². The van der Waals surface area contributed by atoms with E-state index in [9.17, 15) is 4.39 Å². The number of aliphatic hydroxyl groups is 1. The zero-order valence-electron chi connectivity index (χ0n) is 13.9. The van der Waals surface area contributed by atoms with Crippen molar-refractivity contribution < 1.29 is 9.50 Å². The van der Waals surface area contributed by atoms with Gasteiger partial charge in [-0.05, 0) is 42.7 Å². The van der Waals surface area contributed by atoms with Crippen molar-refractivity contribution in [2.45, 2.75) is 12.8 Å². The highest BCUT2D eigenvalue weighted by atomic mass is 19.1.